The number of hydrogen-bond donors (Lipinski definition) is 6. The van der Waals surface area contributed by atoms with Crippen molar-refractivity contribution in [3.8, 4) is 0 Å². The summed E-state index contributed by atoms with van der Waals surface area (Å²) in [6.07, 6.45) is 8.37. The van der Waals surface area contributed by atoms with Crippen LogP contribution in [0, 0.1) is 23.5 Å². The van der Waals surface area contributed by atoms with E-state index in [-0.39, 0.29) is 35.7 Å². The number of fused-ring (bicyclic) bond motifs is 3. The van der Waals surface area contributed by atoms with Crippen LogP contribution in [0.5, 0.6) is 0 Å². The normalized spacial score (nSPS) is 28.0. The van der Waals surface area contributed by atoms with E-state index >= 15 is 0 Å². The van der Waals surface area contributed by atoms with Gasteiger partial charge in [-0.15, -0.1) is 0 Å². The Hall–Kier alpha value is -4.59. The number of hydrogen-bond acceptors (Lipinski definition) is 7. The summed E-state index contributed by atoms with van der Waals surface area (Å²) >= 11 is 0. The molecule has 6 unspecified atom stereocenters. The van der Waals surface area contributed by atoms with Gasteiger partial charge in [-0.2, -0.15) is 0 Å². The first-order valence-corrected chi connectivity index (χ1v) is 20.9. The fourth-order valence-electron chi connectivity index (χ4n) is 10.4. The van der Waals surface area contributed by atoms with Crippen molar-refractivity contribution in [3.05, 3.63) is 89.0 Å². The number of aryl methyl sites for hydroxylation is 2. The lowest BCUT2D eigenvalue weighted by atomic mass is 9.86. The highest BCUT2D eigenvalue weighted by Gasteiger charge is 2.57. The Morgan fingerprint density at radius 3 is 2.47 bits per heavy atom. The minimum absolute atomic E-state index is 0.0214. The molecule has 8 rings (SSSR count). The van der Waals surface area contributed by atoms with Crippen LogP contribution in [0.4, 0.5) is 30.6 Å². The molecular formula is C44H55F2N7O4. The highest BCUT2D eigenvalue weighted by atomic mass is 19.1. The van der Waals surface area contributed by atoms with Crippen molar-refractivity contribution in [2.45, 2.75) is 107 Å². The summed E-state index contributed by atoms with van der Waals surface area (Å²) in [5.41, 5.74) is 2.85. The van der Waals surface area contributed by atoms with Crippen molar-refractivity contribution < 1.29 is 28.3 Å². The number of nitrogens with one attached hydrogen (secondary N) is 5. The lowest BCUT2D eigenvalue weighted by Crippen LogP contribution is -2.76. The molecule has 6 N–H and O–H groups in total. The molecule has 57 heavy (non-hydrogen) atoms. The van der Waals surface area contributed by atoms with E-state index in [0.717, 1.165) is 62.7 Å². The van der Waals surface area contributed by atoms with E-state index in [9.17, 15) is 28.3 Å². The number of carbonyl (C=O) groups excluding carboxylic acids is 3. The van der Waals surface area contributed by atoms with Gasteiger partial charge in [0.15, 0.2) is 5.79 Å². The van der Waals surface area contributed by atoms with Gasteiger partial charge >= 0.3 is 6.03 Å². The number of amides is 4. The van der Waals surface area contributed by atoms with Gasteiger partial charge in [0.1, 0.15) is 17.3 Å². The van der Waals surface area contributed by atoms with E-state index < -0.39 is 34.7 Å². The molecular weight excluding hydrogens is 729 g/mol. The topological polar surface area (TPSA) is 138 Å². The SMILES string of the molecule is CCc1cc(F)c(NC(=O)Nc2ccc3c(c2)N(C2(N4CCCC(NC(=O)CCCc5ccccc5)C4)NCCC2NC(=O)C2CC4(O)CCC2C4)CC3)c(F)c1. The molecule has 11 nitrogen and oxygen atoms in total. The van der Waals surface area contributed by atoms with Crippen LogP contribution in [0.1, 0.15) is 81.4 Å². The summed E-state index contributed by atoms with van der Waals surface area (Å²) < 4.78 is 29.5. The number of nitrogens with zero attached hydrogens (tertiary/aromatic N) is 2. The summed E-state index contributed by atoms with van der Waals surface area (Å²) in [5, 5.41) is 26.8. The van der Waals surface area contributed by atoms with Gasteiger partial charge in [-0.1, -0.05) is 43.3 Å². The molecule has 304 valence electrons. The van der Waals surface area contributed by atoms with Crippen LogP contribution in [0.15, 0.2) is 60.7 Å². The number of anilines is 3. The Bertz CT molecular complexity index is 1960. The number of halogens is 2. The number of rotatable bonds is 12. The molecule has 2 saturated heterocycles. The summed E-state index contributed by atoms with van der Waals surface area (Å²) in [4.78, 5) is 45.2. The number of likely N-dealkylation sites (tertiary alicyclic amines) is 1. The van der Waals surface area contributed by atoms with Crippen molar-refractivity contribution in [3.63, 3.8) is 0 Å². The molecule has 13 heteroatoms. The van der Waals surface area contributed by atoms with Crippen LogP contribution in [0.3, 0.4) is 0 Å². The summed E-state index contributed by atoms with van der Waals surface area (Å²) in [5.74, 6) is -2.58. The Balaban J connectivity index is 1.03. The minimum atomic E-state index is -0.847. The van der Waals surface area contributed by atoms with Crippen molar-refractivity contribution in [2.75, 3.05) is 41.7 Å². The average Bonchev–Trinajstić information content (AvgIpc) is 3.99. The molecule has 3 aromatic carbocycles. The molecule has 4 fully saturated rings. The average molecular weight is 784 g/mol. The Morgan fingerprint density at radius 2 is 1.74 bits per heavy atom. The first-order valence-electron chi connectivity index (χ1n) is 20.9. The quantitative estimate of drug-likeness (QED) is 0.136. The molecule has 3 aromatic rings. The third-order valence-corrected chi connectivity index (χ3v) is 13.1. The molecule has 0 aromatic heterocycles. The molecule has 3 heterocycles. The molecule has 2 bridgehead atoms. The van der Waals surface area contributed by atoms with Crippen LogP contribution in [-0.4, -0.2) is 77.5 Å². The van der Waals surface area contributed by atoms with Crippen LogP contribution >= 0.6 is 0 Å². The van der Waals surface area contributed by atoms with Crippen molar-refractivity contribution in [2.24, 2.45) is 11.8 Å². The van der Waals surface area contributed by atoms with E-state index in [1.54, 1.807) is 13.0 Å². The number of piperidine rings is 1. The van der Waals surface area contributed by atoms with Gasteiger partial charge in [0.25, 0.3) is 0 Å². The standard InChI is InChI=1S/C44H55F2N7O4/c1-2-28-22-35(45)40(36(46)23-28)51-42(56)49-32-14-13-30-17-21-53(37(30)24-32)44(38(16-19-47-44)50-41(55)34-26-43(57)18-15-31(34)25-43)52-20-7-11-33(27-52)48-39(54)12-6-10-29-8-4-3-5-9-29/h3-5,8-9,13-14,22-24,31,33-34,38,47,57H,2,6-7,10-12,15-21,25-27H2,1H3,(H,48,54)(H,50,55)(H2,49,51,56). The first-order chi connectivity index (χ1) is 27.5. The van der Waals surface area contributed by atoms with E-state index in [1.165, 1.54) is 17.7 Å². The fraction of sp³-hybridized carbons (Fsp3) is 0.523. The molecule has 5 aliphatic rings. The zero-order valence-corrected chi connectivity index (χ0v) is 32.7. The lowest BCUT2D eigenvalue weighted by Gasteiger charge is -2.54. The smallest absolute Gasteiger partial charge is 0.323 e. The van der Waals surface area contributed by atoms with Crippen LogP contribution < -0.4 is 31.5 Å². The molecule has 4 amide bonds. The van der Waals surface area contributed by atoms with Gasteiger partial charge < -0.3 is 31.3 Å². The third-order valence-electron chi connectivity index (χ3n) is 13.1. The Labute approximate surface area is 333 Å². The first kappa shape index (κ1) is 39.2. The number of benzene rings is 3. The minimum Gasteiger partial charge on any atom is -0.390 e. The lowest BCUT2D eigenvalue weighted by molar-refractivity contribution is -0.129. The highest BCUT2D eigenvalue weighted by molar-refractivity contribution is 6.00. The van der Waals surface area contributed by atoms with Crippen molar-refractivity contribution in [1.82, 2.24) is 20.9 Å². The predicted molar refractivity (Wildman–Crippen MR) is 216 cm³/mol. The van der Waals surface area contributed by atoms with E-state index in [4.69, 9.17) is 0 Å². The Kier molecular flexibility index (Phi) is 11.3. The largest absolute Gasteiger partial charge is 0.390 e. The zero-order valence-electron chi connectivity index (χ0n) is 32.7. The van der Waals surface area contributed by atoms with E-state index in [2.05, 4.69) is 48.5 Å². The highest BCUT2D eigenvalue weighted by Crippen LogP contribution is 2.51. The van der Waals surface area contributed by atoms with Crippen LogP contribution in [0.25, 0.3) is 0 Å². The second kappa shape index (κ2) is 16.3. The van der Waals surface area contributed by atoms with Gasteiger partial charge in [-0.05, 0) is 118 Å². The maximum atomic E-state index is 14.8. The summed E-state index contributed by atoms with van der Waals surface area (Å²) in [7, 11) is 0. The van der Waals surface area contributed by atoms with Crippen molar-refractivity contribution >= 4 is 34.9 Å². The third kappa shape index (κ3) is 8.11. The van der Waals surface area contributed by atoms with Gasteiger partial charge in [0.2, 0.25) is 11.8 Å². The van der Waals surface area contributed by atoms with Gasteiger partial charge in [0, 0.05) is 55.9 Å². The molecule has 6 atom stereocenters. The second-order valence-electron chi connectivity index (χ2n) is 16.8. The van der Waals surface area contributed by atoms with Crippen LogP contribution in [0.2, 0.25) is 0 Å². The van der Waals surface area contributed by atoms with Gasteiger partial charge in [0.05, 0.1) is 11.6 Å². The molecule has 3 aliphatic heterocycles. The van der Waals surface area contributed by atoms with E-state index in [0.29, 0.717) is 63.0 Å². The molecule has 2 saturated carbocycles. The number of urea groups is 1. The maximum absolute atomic E-state index is 14.8. The number of carbonyl (C=O) groups is 3. The van der Waals surface area contributed by atoms with Gasteiger partial charge in [-0.25, -0.2) is 13.6 Å². The number of aliphatic hydroxyl groups is 1. The van der Waals surface area contributed by atoms with E-state index in [1.807, 2.05) is 30.3 Å². The Morgan fingerprint density at radius 1 is 0.930 bits per heavy atom. The van der Waals surface area contributed by atoms with Gasteiger partial charge in [-0.3, -0.25) is 19.8 Å². The predicted octanol–water partition coefficient (Wildman–Crippen LogP) is 5.82. The van der Waals surface area contributed by atoms with Crippen LogP contribution in [-0.2, 0) is 28.9 Å². The summed E-state index contributed by atoms with van der Waals surface area (Å²) in [6.45, 7) is 4.41. The summed E-state index contributed by atoms with van der Waals surface area (Å²) in [6, 6.07) is 17.1. The monoisotopic (exact) mass is 783 g/mol. The molecule has 0 spiro atoms. The molecule has 2 aliphatic carbocycles. The second-order valence-corrected chi connectivity index (χ2v) is 16.8. The fourth-order valence-corrected chi connectivity index (χ4v) is 10.4. The van der Waals surface area contributed by atoms with Crippen molar-refractivity contribution in [1.29, 1.82) is 0 Å². The zero-order chi connectivity index (χ0) is 39.7. The molecule has 0 radical (unpaired) electrons. The maximum Gasteiger partial charge on any atom is 0.323 e.